The lowest BCUT2D eigenvalue weighted by Crippen LogP contribution is -2.74. The summed E-state index contributed by atoms with van der Waals surface area (Å²) in [5.41, 5.74) is 11.1. The van der Waals surface area contributed by atoms with Gasteiger partial charge < -0.3 is 13.6 Å². The lowest BCUT2D eigenvalue weighted by molar-refractivity contribution is 0.669. The predicted octanol–water partition coefficient (Wildman–Crippen LogP) is 12.8. The maximum atomic E-state index is 6.20. The van der Waals surface area contributed by atoms with Gasteiger partial charge in [0, 0.05) is 43.7 Å². The fourth-order valence-corrected chi connectivity index (χ4v) is 15.4. The third-order valence-electron chi connectivity index (χ3n) is 13.5. The molecule has 4 heteroatoms. The number of aromatic nitrogens is 2. The van der Waals surface area contributed by atoms with Crippen molar-refractivity contribution < 1.29 is 4.42 Å². The van der Waals surface area contributed by atoms with Crippen molar-refractivity contribution in [3.8, 4) is 22.5 Å². The Balaban J connectivity index is 1.00. The number of furan rings is 1. The van der Waals surface area contributed by atoms with Gasteiger partial charge in [0.15, 0.2) is 8.07 Å². The Morgan fingerprint density at radius 1 is 0.266 bits per heavy atom. The van der Waals surface area contributed by atoms with Crippen molar-refractivity contribution in [3.05, 3.63) is 243 Å². The zero-order chi connectivity index (χ0) is 42.2. The second-order valence-electron chi connectivity index (χ2n) is 16.8. The minimum Gasteiger partial charge on any atom is -0.456 e. The summed E-state index contributed by atoms with van der Waals surface area (Å²) in [4.78, 5) is 0. The number of fused-ring (bicyclic) bond motifs is 9. The van der Waals surface area contributed by atoms with Crippen molar-refractivity contribution >= 4 is 94.4 Å². The Kier molecular flexibility index (Phi) is 8.23. The van der Waals surface area contributed by atoms with Crippen molar-refractivity contribution in [1.82, 2.24) is 9.13 Å². The van der Waals surface area contributed by atoms with Crippen LogP contribution < -0.4 is 20.7 Å². The highest BCUT2D eigenvalue weighted by Gasteiger charge is 2.41. The van der Waals surface area contributed by atoms with Crippen LogP contribution in [0.4, 0.5) is 0 Å². The molecule has 0 fully saturated rings. The topological polar surface area (TPSA) is 23.0 Å². The van der Waals surface area contributed by atoms with E-state index in [1.165, 1.54) is 69.9 Å². The second kappa shape index (κ2) is 14.5. The minimum atomic E-state index is -2.68. The molecule has 0 aliphatic heterocycles. The molecule has 0 spiro atoms. The Morgan fingerprint density at radius 3 is 1.31 bits per heavy atom. The molecule has 0 amide bonds. The Bertz CT molecular complexity index is 3790. The predicted molar refractivity (Wildman–Crippen MR) is 271 cm³/mol. The first-order valence-electron chi connectivity index (χ1n) is 22.0. The third kappa shape index (κ3) is 5.46. The van der Waals surface area contributed by atoms with E-state index in [0.29, 0.717) is 0 Å². The number of nitrogens with zero attached hydrogens (tertiary/aromatic N) is 2. The van der Waals surface area contributed by atoms with E-state index in [1.54, 1.807) is 0 Å². The summed E-state index contributed by atoms with van der Waals surface area (Å²) in [6.45, 7) is 0. The van der Waals surface area contributed by atoms with Crippen LogP contribution in [0.25, 0.3) is 88.1 Å². The quantitative estimate of drug-likeness (QED) is 0.116. The van der Waals surface area contributed by atoms with Crippen LogP contribution in [0.2, 0.25) is 0 Å². The molecule has 10 aromatic carbocycles. The summed E-state index contributed by atoms with van der Waals surface area (Å²) in [6.07, 6.45) is 0. The molecule has 13 rings (SSSR count). The van der Waals surface area contributed by atoms with Crippen molar-refractivity contribution in [1.29, 1.82) is 0 Å². The van der Waals surface area contributed by atoms with Crippen LogP contribution >= 0.6 is 0 Å². The van der Waals surface area contributed by atoms with E-state index in [9.17, 15) is 0 Å². The average Bonchev–Trinajstić information content (AvgIpc) is 4.02. The molecule has 0 aliphatic carbocycles. The first-order valence-corrected chi connectivity index (χ1v) is 24.0. The lowest BCUT2D eigenvalue weighted by Gasteiger charge is -2.34. The molecule has 0 saturated carbocycles. The summed E-state index contributed by atoms with van der Waals surface area (Å²) < 4.78 is 11.1. The van der Waals surface area contributed by atoms with Crippen molar-refractivity contribution in [2.45, 2.75) is 0 Å². The molecule has 3 heterocycles. The van der Waals surface area contributed by atoms with Crippen molar-refractivity contribution in [3.63, 3.8) is 0 Å². The Hall–Kier alpha value is -8.18. The zero-order valence-electron chi connectivity index (χ0n) is 34.9. The molecule has 0 saturated heterocycles. The normalized spacial score (nSPS) is 12.1. The van der Waals surface area contributed by atoms with Crippen LogP contribution in [0.15, 0.2) is 247 Å². The van der Waals surface area contributed by atoms with Crippen LogP contribution in [0.5, 0.6) is 0 Å². The summed E-state index contributed by atoms with van der Waals surface area (Å²) >= 11 is 0. The molecule has 0 atom stereocenters. The number of para-hydroxylation sites is 3. The Morgan fingerprint density at radius 2 is 0.688 bits per heavy atom. The van der Waals surface area contributed by atoms with Gasteiger partial charge in [-0.15, -0.1) is 0 Å². The molecule has 64 heavy (non-hydrogen) atoms. The van der Waals surface area contributed by atoms with E-state index in [2.05, 4.69) is 240 Å². The maximum absolute atomic E-state index is 6.20. The molecular formula is C60H40N2OSi. The highest BCUT2D eigenvalue weighted by atomic mass is 28.3. The molecule has 0 unspecified atom stereocenters. The Labute approximate surface area is 371 Å². The second-order valence-corrected chi connectivity index (χ2v) is 20.7. The van der Waals surface area contributed by atoms with E-state index in [1.807, 2.05) is 12.1 Å². The highest BCUT2D eigenvalue weighted by Crippen LogP contribution is 2.39. The van der Waals surface area contributed by atoms with Gasteiger partial charge in [0.2, 0.25) is 0 Å². The number of benzene rings is 10. The van der Waals surface area contributed by atoms with Gasteiger partial charge in [-0.05, 0) is 92.5 Å². The highest BCUT2D eigenvalue weighted by molar-refractivity contribution is 7.19. The summed E-state index contributed by atoms with van der Waals surface area (Å²) in [5, 5.41) is 12.7. The smallest absolute Gasteiger partial charge is 0.179 e. The lowest BCUT2D eigenvalue weighted by atomic mass is 10.0. The van der Waals surface area contributed by atoms with E-state index >= 15 is 0 Å². The van der Waals surface area contributed by atoms with E-state index in [-0.39, 0.29) is 0 Å². The number of rotatable bonds is 7. The first kappa shape index (κ1) is 36.5. The molecule has 0 radical (unpaired) electrons. The van der Waals surface area contributed by atoms with E-state index < -0.39 is 8.07 Å². The van der Waals surface area contributed by atoms with Crippen LogP contribution in [0, 0.1) is 0 Å². The van der Waals surface area contributed by atoms with Crippen LogP contribution in [-0.4, -0.2) is 17.2 Å². The fourth-order valence-electron chi connectivity index (χ4n) is 10.6. The summed E-state index contributed by atoms with van der Waals surface area (Å²) in [5.74, 6) is 0. The number of hydrogen-bond acceptors (Lipinski definition) is 1. The summed E-state index contributed by atoms with van der Waals surface area (Å²) in [6, 6.07) is 89.3. The standard InChI is InChI=1S/C60H40N2OSi/c1-4-16-45(17-5-1)64(46-18-6-2-7-19-46,47-20-8-3-9-21-47)48-33-30-43(31-34-48)61-55-25-13-10-23-50(55)52-36-32-44(40-58(52)61)62-56-26-14-11-22-49(56)51-35-28-42(39-57(51)62)41-29-37-60-54(38-41)53-24-12-15-27-59(53)63-60/h1-40H. The minimum absolute atomic E-state index is 0.906. The largest absolute Gasteiger partial charge is 0.456 e. The third-order valence-corrected chi connectivity index (χ3v) is 18.3. The molecule has 300 valence electrons. The fraction of sp³-hybridized carbons (Fsp3) is 0. The number of hydrogen-bond donors (Lipinski definition) is 0. The molecular weight excluding hydrogens is 793 g/mol. The van der Waals surface area contributed by atoms with Gasteiger partial charge in [-0.1, -0.05) is 182 Å². The van der Waals surface area contributed by atoms with Gasteiger partial charge in [0.05, 0.1) is 22.1 Å². The van der Waals surface area contributed by atoms with Crippen LogP contribution in [0.3, 0.4) is 0 Å². The van der Waals surface area contributed by atoms with Gasteiger partial charge in [0.1, 0.15) is 11.2 Å². The molecule has 3 aromatic heterocycles. The van der Waals surface area contributed by atoms with Gasteiger partial charge in [-0.3, -0.25) is 0 Å². The molecule has 0 aliphatic rings. The SMILES string of the molecule is c1ccc([Si](c2ccccc2)(c2ccccc2)c2ccc(-n3c4ccccc4c4ccc(-n5c6ccccc6c6ccc(-c7ccc8oc9ccccc9c8c7)cc65)cc43)cc2)cc1. The van der Waals surface area contributed by atoms with E-state index in [0.717, 1.165) is 38.9 Å². The van der Waals surface area contributed by atoms with Crippen LogP contribution in [-0.2, 0) is 0 Å². The van der Waals surface area contributed by atoms with Gasteiger partial charge in [0.25, 0.3) is 0 Å². The molecule has 0 bridgehead atoms. The van der Waals surface area contributed by atoms with Gasteiger partial charge >= 0.3 is 0 Å². The van der Waals surface area contributed by atoms with Gasteiger partial charge in [-0.25, -0.2) is 0 Å². The van der Waals surface area contributed by atoms with Crippen molar-refractivity contribution in [2.75, 3.05) is 0 Å². The van der Waals surface area contributed by atoms with Crippen molar-refractivity contribution in [2.24, 2.45) is 0 Å². The monoisotopic (exact) mass is 832 g/mol. The average molecular weight is 833 g/mol. The maximum Gasteiger partial charge on any atom is 0.179 e. The first-order chi connectivity index (χ1) is 31.7. The molecule has 3 nitrogen and oxygen atoms in total. The van der Waals surface area contributed by atoms with Gasteiger partial charge in [-0.2, -0.15) is 0 Å². The summed E-state index contributed by atoms with van der Waals surface area (Å²) in [7, 11) is -2.68. The van der Waals surface area contributed by atoms with Crippen LogP contribution in [0.1, 0.15) is 0 Å². The zero-order valence-corrected chi connectivity index (χ0v) is 35.9. The molecule has 0 N–H and O–H groups in total. The molecule has 13 aromatic rings. The van der Waals surface area contributed by atoms with E-state index in [4.69, 9.17) is 4.42 Å².